The van der Waals surface area contributed by atoms with Crippen molar-refractivity contribution in [3.8, 4) is 0 Å². The Hall–Kier alpha value is -2.89. The lowest BCUT2D eigenvalue weighted by atomic mass is 10.0. The van der Waals surface area contributed by atoms with Gasteiger partial charge in [-0.1, -0.05) is 345 Å². The van der Waals surface area contributed by atoms with Gasteiger partial charge in [-0.2, -0.15) is 0 Å². The summed E-state index contributed by atoms with van der Waals surface area (Å²) in [5, 5.41) is 0. The Balaban J connectivity index is 4.34. The highest BCUT2D eigenvalue weighted by atomic mass is 16.6. The van der Waals surface area contributed by atoms with Crippen LogP contribution in [-0.4, -0.2) is 37.2 Å². The van der Waals surface area contributed by atoms with Crippen molar-refractivity contribution in [3.63, 3.8) is 0 Å². The molecule has 0 aliphatic carbocycles. The summed E-state index contributed by atoms with van der Waals surface area (Å²) in [5.41, 5.74) is 0. The molecule has 0 aromatic rings. The fourth-order valence-corrected chi connectivity index (χ4v) is 11.0. The lowest BCUT2D eigenvalue weighted by molar-refractivity contribution is -0.167. The first kappa shape index (κ1) is 80.1. The van der Waals surface area contributed by atoms with Crippen LogP contribution in [0.4, 0.5) is 0 Å². The molecule has 484 valence electrons. The zero-order valence-electron chi connectivity index (χ0n) is 55.7. The fraction of sp³-hybridized carbons (Fsp3) is 0.831. The van der Waals surface area contributed by atoms with Crippen molar-refractivity contribution in [2.24, 2.45) is 0 Å². The van der Waals surface area contributed by atoms with E-state index in [-0.39, 0.29) is 31.1 Å². The standard InChI is InChI=1S/C77H140O6/c1-4-7-10-13-16-19-22-25-28-31-34-36-37-38-39-41-43-46-49-52-55-58-61-64-67-70-76(79)82-73-74(72-81-75(78)69-66-63-60-57-54-51-48-45-42-33-30-27-24-21-18-15-12-9-6-3)83-77(80)71-68-65-62-59-56-53-50-47-44-40-35-32-29-26-23-20-17-14-11-8-5-2/h18,21,23,26-27,30,32,35,44,47,74H,4-17,19-20,22,24-25,28-29,31,33-34,36-43,45-46,48-73H2,1-3H3/b21-18-,26-23-,30-27-,35-32-,47-44-. The number of ether oxygens (including phenoxy) is 3. The number of unbranched alkanes of at least 4 members (excludes halogenated alkanes) is 47. The molecule has 0 saturated carbocycles. The van der Waals surface area contributed by atoms with E-state index >= 15 is 0 Å². The molecule has 1 unspecified atom stereocenters. The minimum absolute atomic E-state index is 0.0772. The van der Waals surface area contributed by atoms with Gasteiger partial charge in [-0.25, -0.2) is 0 Å². The zero-order chi connectivity index (χ0) is 59.9. The van der Waals surface area contributed by atoms with Crippen LogP contribution in [0.3, 0.4) is 0 Å². The van der Waals surface area contributed by atoms with Gasteiger partial charge in [0.25, 0.3) is 0 Å². The normalized spacial score (nSPS) is 12.4. The quantitative estimate of drug-likeness (QED) is 0.0261. The van der Waals surface area contributed by atoms with E-state index in [1.165, 1.54) is 263 Å². The van der Waals surface area contributed by atoms with E-state index in [0.29, 0.717) is 19.3 Å². The summed E-state index contributed by atoms with van der Waals surface area (Å²) in [7, 11) is 0. The summed E-state index contributed by atoms with van der Waals surface area (Å²) in [6.07, 6.45) is 92.5. The van der Waals surface area contributed by atoms with Crippen LogP contribution in [-0.2, 0) is 28.6 Å². The molecule has 0 heterocycles. The summed E-state index contributed by atoms with van der Waals surface area (Å²) < 4.78 is 17.0. The number of hydrogen-bond donors (Lipinski definition) is 0. The third-order valence-corrected chi connectivity index (χ3v) is 16.5. The van der Waals surface area contributed by atoms with E-state index in [0.717, 1.165) is 89.9 Å². The number of esters is 3. The SMILES string of the molecule is CCCCC/C=C\C/C=C\CCCCCCCCCCCC(=O)OCC(COC(=O)CCCCCCCCCCCCCCCCCCCCCCCCCCC)OC(=O)CCCCCCCC/C=C\C/C=C\C/C=C\CCCCCCC. The molecule has 0 bridgehead atoms. The highest BCUT2D eigenvalue weighted by Crippen LogP contribution is 2.18. The van der Waals surface area contributed by atoms with Crippen LogP contribution >= 0.6 is 0 Å². The number of carbonyl (C=O) groups excluding carboxylic acids is 3. The van der Waals surface area contributed by atoms with Crippen molar-refractivity contribution in [1.82, 2.24) is 0 Å². The summed E-state index contributed by atoms with van der Waals surface area (Å²) in [6, 6.07) is 0. The first-order valence-corrected chi connectivity index (χ1v) is 36.8. The first-order chi connectivity index (χ1) is 41.0. The Morgan fingerprint density at radius 2 is 0.434 bits per heavy atom. The molecule has 6 heteroatoms. The van der Waals surface area contributed by atoms with Crippen LogP contribution in [0.15, 0.2) is 60.8 Å². The molecule has 83 heavy (non-hydrogen) atoms. The van der Waals surface area contributed by atoms with E-state index in [9.17, 15) is 14.4 Å². The zero-order valence-corrected chi connectivity index (χ0v) is 55.7. The molecule has 0 aliphatic heterocycles. The predicted molar refractivity (Wildman–Crippen MR) is 362 cm³/mol. The average Bonchev–Trinajstić information content (AvgIpc) is 3.49. The van der Waals surface area contributed by atoms with Crippen LogP contribution < -0.4 is 0 Å². The van der Waals surface area contributed by atoms with Gasteiger partial charge in [-0.3, -0.25) is 14.4 Å². The van der Waals surface area contributed by atoms with Gasteiger partial charge in [-0.05, 0) is 89.9 Å². The molecule has 0 aromatic carbocycles. The maximum absolute atomic E-state index is 13.0. The van der Waals surface area contributed by atoms with Crippen molar-refractivity contribution in [2.75, 3.05) is 13.2 Å². The predicted octanol–water partition coefficient (Wildman–Crippen LogP) is 25.5. The Labute approximate surface area is 517 Å². The van der Waals surface area contributed by atoms with Gasteiger partial charge < -0.3 is 14.2 Å². The number of hydrogen-bond acceptors (Lipinski definition) is 6. The molecule has 0 aromatic heterocycles. The second kappa shape index (κ2) is 71.6. The van der Waals surface area contributed by atoms with Gasteiger partial charge >= 0.3 is 17.9 Å². The third kappa shape index (κ3) is 69.8. The van der Waals surface area contributed by atoms with Crippen molar-refractivity contribution >= 4 is 17.9 Å². The molecule has 0 amide bonds. The summed E-state index contributed by atoms with van der Waals surface area (Å²) in [5.74, 6) is -0.868. The maximum Gasteiger partial charge on any atom is 0.306 e. The maximum atomic E-state index is 13.0. The van der Waals surface area contributed by atoms with E-state index in [1.807, 2.05) is 0 Å². The van der Waals surface area contributed by atoms with E-state index in [2.05, 4.69) is 81.5 Å². The van der Waals surface area contributed by atoms with E-state index in [4.69, 9.17) is 14.2 Å². The molecule has 6 nitrogen and oxygen atoms in total. The monoisotopic (exact) mass is 1160 g/mol. The third-order valence-electron chi connectivity index (χ3n) is 16.5. The van der Waals surface area contributed by atoms with E-state index < -0.39 is 6.10 Å². The summed E-state index contributed by atoms with van der Waals surface area (Å²) >= 11 is 0. The number of allylic oxidation sites excluding steroid dienone is 10. The molecular formula is C77H140O6. The smallest absolute Gasteiger partial charge is 0.306 e. The second-order valence-electron chi connectivity index (χ2n) is 24.9. The highest BCUT2D eigenvalue weighted by molar-refractivity contribution is 5.71. The minimum Gasteiger partial charge on any atom is -0.462 e. The average molecular weight is 1160 g/mol. The number of carbonyl (C=O) groups is 3. The fourth-order valence-electron chi connectivity index (χ4n) is 11.0. The highest BCUT2D eigenvalue weighted by Gasteiger charge is 2.19. The molecule has 0 saturated heterocycles. The Morgan fingerprint density at radius 3 is 0.699 bits per heavy atom. The van der Waals surface area contributed by atoms with Gasteiger partial charge in [-0.15, -0.1) is 0 Å². The topological polar surface area (TPSA) is 78.9 Å². The van der Waals surface area contributed by atoms with Crippen LogP contribution in [0.2, 0.25) is 0 Å². The van der Waals surface area contributed by atoms with Crippen molar-refractivity contribution in [1.29, 1.82) is 0 Å². The van der Waals surface area contributed by atoms with Crippen LogP contribution in [0.5, 0.6) is 0 Å². The van der Waals surface area contributed by atoms with Crippen LogP contribution in [0.1, 0.15) is 393 Å². The van der Waals surface area contributed by atoms with Gasteiger partial charge in [0.05, 0.1) is 0 Å². The Kier molecular flexibility index (Phi) is 69.1. The Bertz CT molecular complexity index is 1470. The van der Waals surface area contributed by atoms with Gasteiger partial charge in [0.15, 0.2) is 6.10 Å². The molecule has 1 atom stereocenters. The lowest BCUT2D eigenvalue weighted by Crippen LogP contribution is -2.30. The van der Waals surface area contributed by atoms with Crippen LogP contribution in [0, 0.1) is 0 Å². The van der Waals surface area contributed by atoms with Crippen molar-refractivity contribution in [3.05, 3.63) is 60.8 Å². The van der Waals surface area contributed by atoms with Gasteiger partial charge in [0, 0.05) is 19.3 Å². The molecule has 0 aliphatic rings. The molecule has 0 spiro atoms. The Morgan fingerprint density at radius 1 is 0.241 bits per heavy atom. The van der Waals surface area contributed by atoms with E-state index in [1.54, 1.807) is 0 Å². The van der Waals surface area contributed by atoms with Crippen molar-refractivity contribution in [2.45, 2.75) is 399 Å². The summed E-state index contributed by atoms with van der Waals surface area (Å²) in [4.78, 5) is 38.5. The van der Waals surface area contributed by atoms with Gasteiger partial charge in [0.2, 0.25) is 0 Å². The second-order valence-corrected chi connectivity index (χ2v) is 24.9. The first-order valence-electron chi connectivity index (χ1n) is 36.8. The largest absolute Gasteiger partial charge is 0.462 e. The molecule has 0 rings (SSSR count). The van der Waals surface area contributed by atoms with Gasteiger partial charge in [0.1, 0.15) is 13.2 Å². The molecule has 0 N–H and O–H groups in total. The lowest BCUT2D eigenvalue weighted by Gasteiger charge is -2.18. The molecule has 0 fully saturated rings. The minimum atomic E-state index is -0.784. The van der Waals surface area contributed by atoms with Crippen molar-refractivity contribution < 1.29 is 28.6 Å². The van der Waals surface area contributed by atoms with Crippen LogP contribution in [0.25, 0.3) is 0 Å². The number of rotatable bonds is 68. The summed E-state index contributed by atoms with van der Waals surface area (Å²) in [6.45, 7) is 6.66. The molecule has 0 radical (unpaired) electrons. The molecular weight excluding hydrogens is 1020 g/mol.